The molecule has 4 heterocycles. The van der Waals surface area contributed by atoms with E-state index in [-0.39, 0.29) is 18.3 Å². The van der Waals surface area contributed by atoms with Crippen molar-refractivity contribution in [1.29, 1.82) is 0 Å². The minimum Gasteiger partial charge on any atom is -0.365 e. The van der Waals surface area contributed by atoms with Crippen molar-refractivity contribution < 1.29 is 9.18 Å². The molecule has 0 aromatic carbocycles. The molecule has 0 aliphatic carbocycles. The van der Waals surface area contributed by atoms with E-state index in [1.165, 1.54) is 0 Å². The smallest absolute Gasteiger partial charge is 0.219 e. The van der Waals surface area contributed by atoms with Gasteiger partial charge < -0.3 is 15.1 Å². The molecule has 1 aliphatic rings. The summed E-state index contributed by atoms with van der Waals surface area (Å²) in [5.74, 6) is 0.357. The number of rotatable bonds is 7. The SMILES string of the molecule is C=N/C(=C(F)\C=N/CNc1ccc(N2CCN(C(C)=O)CC2)nc1)c1cnc2ccccn12. The number of aromatic nitrogens is 3. The Labute approximate surface area is 191 Å². The van der Waals surface area contributed by atoms with Gasteiger partial charge in [0.2, 0.25) is 5.91 Å². The molecule has 1 aliphatic heterocycles. The lowest BCUT2D eigenvalue weighted by Gasteiger charge is -2.34. The average molecular weight is 449 g/mol. The molecule has 3 aromatic heterocycles. The minimum absolute atomic E-state index is 0.0772. The van der Waals surface area contributed by atoms with E-state index in [0.717, 1.165) is 30.8 Å². The predicted octanol–water partition coefficient (Wildman–Crippen LogP) is 2.88. The van der Waals surface area contributed by atoms with Gasteiger partial charge in [0.25, 0.3) is 0 Å². The van der Waals surface area contributed by atoms with E-state index in [1.54, 1.807) is 29.9 Å². The summed E-state index contributed by atoms with van der Waals surface area (Å²) >= 11 is 0. The molecule has 1 amide bonds. The van der Waals surface area contributed by atoms with Gasteiger partial charge in [0, 0.05) is 39.3 Å². The van der Waals surface area contributed by atoms with Crippen molar-refractivity contribution in [3.8, 4) is 0 Å². The zero-order chi connectivity index (χ0) is 23.2. The third-order valence-corrected chi connectivity index (χ3v) is 5.42. The molecule has 0 radical (unpaired) electrons. The summed E-state index contributed by atoms with van der Waals surface area (Å²) in [7, 11) is 0. The molecular formula is C23H25FN8O. The first-order valence-electron chi connectivity index (χ1n) is 10.6. The predicted molar refractivity (Wildman–Crippen MR) is 128 cm³/mol. The number of amides is 1. The highest BCUT2D eigenvalue weighted by Gasteiger charge is 2.19. The lowest BCUT2D eigenvalue weighted by atomic mass is 10.3. The summed E-state index contributed by atoms with van der Waals surface area (Å²) in [4.78, 5) is 32.1. The molecule has 0 saturated carbocycles. The lowest BCUT2D eigenvalue weighted by molar-refractivity contribution is -0.129. The summed E-state index contributed by atoms with van der Waals surface area (Å²) in [5, 5.41) is 3.09. The Bertz CT molecular complexity index is 1190. The third-order valence-electron chi connectivity index (χ3n) is 5.42. The topological polar surface area (TPSA) is 90.5 Å². The number of nitrogens with zero attached hydrogens (tertiary/aromatic N) is 7. The first-order chi connectivity index (χ1) is 16.1. The highest BCUT2D eigenvalue weighted by atomic mass is 19.1. The Hall–Kier alpha value is -4.08. The second-order valence-corrected chi connectivity index (χ2v) is 7.47. The van der Waals surface area contributed by atoms with Gasteiger partial charge >= 0.3 is 0 Å². The fourth-order valence-corrected chi connectivity index (χ4v) is 3.64. The molecule has 1 saturated heterocycles. The quantitative estimate of drug-likeness (QED) is 0.562. The first-order valence-corrected chi connectivity index (χ1v) is 10.6. The average Bonchev–Trinajstić information content (AvgIpc) is 3.27. The number of carbonyl (C=O) groups is 1. The minimum atomic E-state index is -0.601. The molecule has 10 heteroatoms. The molecule has 9 nitrogen and oxygen atoms in total. The zero-order valence-electron chi connectivity index (χ0n) is 18.4. The maximum atomic E-state index is 14.7. The number of piperazine rings is 1. The molecule has 0 bridgehead atoms. The molecule has 3 aromatic rings. The molecule has 1 N–H and O–H groups in total. The molecule has 33 heavy (non-hydrogen) atoms. The van der Waals surface area contributed by atoms with Crippen LogP contribution in [0, 0.1) is 0 Å². The number of hydrogen-bond acceptors (Lipinski definition) is 7. The van der Waals surface area contributed by atoms with Crippen molar-refractivity contribution in [2.45, 2.75) is 6.92 Å². The Kier molecular flexibility index (Phi) is 6.72. The van der Waals surface area contributed by atoms with E-state index < -0.39 is 5.83 Å². The number of pyridine rings is 2. The van der Waals surface area contributed by atoms with Crippen LogP contribution >= 0.6 is 0 Å². The molecule has 4 rings (SSSR count). The van der Waals surface area contributed by atoms with Gasteiger partial charge in [0.05, 0.1) is 30.0 Å². The van der Waals surface area contributed by atoms with Crippen molar-refractivity contribution in [3.63, 3.8) is 0 Å². The van der Waals surface area contributed by atoms with Gasteiger partial charge in [-0.1, -0.05) is 6.07 Å². The van der Waals surface area contributed by atoms with E-state index in [0.29, 0.717) is 24.4 Å². The molecule has 0 atom stereocenters. The monoisotopic (exact) mass is 448 g/mol. The lowest BCUT2D eigenvalue weighted by Crippen LogP contribution is -2.48. The summed E-state index contributed by atoms with van der Waals surface area (Å²) < 4.78 is 16.4. The summed E-state index contributed by atoms with van der Waals surface area (Å²) in [6.07, 6.45) is 6.17. The number of hydrogen-bond donors (Lipinski definition) is 1. The van der Waals surface area contributed by atoms with Crippen LogP contribution in [0.2, 0.25) is 0 Å². The normalized spacial score (nSPS) is 15.1. The first kappa shape index (κ1) is 22.1. The summed E-state index contributed by atoms with van der Waals surface area (Å²) in [5.41, 5.74) is 2.04. The molecule has 170 valence electrons. The second kappa shape index (κ2) is 10.0. The van der Waals surface area contributed by atoms with Crippen LogP contribution in [0.3, 0.4) is 0 Å². The highest BCUT2D eigenvalue weighted by molar-refractivity contribution is 5.88. The molecule has 1 fully saturated rings. The largest absolute Gasteiger partial charge is 0.365 e. The molecular weight excluding hydrogens is 423 g/mol. The van der Waals surface area contributed by atoms with Crippen LogP contribution in [0.15, 0.2) is 64.7 Å². The third kappa shape index (κ3) is 5.05. The van der Waals surface area contributed by atoms with Crippen molar-refractivity contribution >= 4 is 41.7 Å². The Morgan fingerprint density at radius 2 is 2.00 bits per heavy atom. The van der Waals surface area contributed by atoms with Crippen LogP contribution in [0.25, 0.3) is 11.3 Å². The van der Waals surface area contributed by atoms with E-state index in [9.17, 15) is 9.18 Å². The van der Waals surface area contributed by atoms with E-state index in [1.807, 2.05) is 35.2 Å². The fraction of sp³-hybridized carbons (Fsp3) is 0.261. The van der Waals surface area contributed by atoms with Crippen LogP contribution in [-0.4, -0.2) is 71.0 Å². The standard InChI is InChI=1S/C23H25FN8O/c1-17(33)30-9-11-31(12-10-30)21-7-6-18(13-27-21)29-16-26-14-19(24)23(25-2)20-15-28-22-5-3-4-8-32(20)22/h3-8,13-15,29H,2,9-12,16H2,1H3/b23-19+,26-14-. The number of halogens is 1. The summed E-state index contributed by atoms with van der Waals surface area (Å²) in [6, 6.07) is 9.33. The highest BCUT2D eigenvalue weighted by Crippen LogP contribution is 2.21. The second-order valence-electron chi connectivity index (χ2n) is 7.47. The maximum Gasteiger partial charge on any atom is 0.219 e. The van der Waals surface area contributed by atoms with Gasteiger partial charge in [-0.05, 0) is 31.0 Å². The summed E-state index contributed by atoms with van der Waals surface area (Å²) in [6.45, 7) is 8.14. The number of anilines is 2. The number of nitrogens with one attached hydrogen (secondary N) is 1. The van der Waals surface area contributed by atoms with E-state index >= 15 is 0 Å². The van der Waals surface area contributed by atoms with Crippen LogP contribution in [0.5, 0.6) is 0 Å². The van der Waals surface area contributed by atoms with Gasteiger partial charge in [-0.2, -0.15) is 0 Å². The van der Waals surface area contributed by atoms with Crippen LogP contribution in [-0.2, 0) is 4.79 Å². The van der Waals surface area contributed by atoms with E-state index in [2.05, 4.69) is 36.9 Å². The number of allylic oxidation sites excluding steroid dienone is 1. The Balaban J connectivity index is 1.34. The van der Waals surface area contributed by atoms with Crippen molar-refractivity contribution in [3.05, 3.63) is 60.4 Å². The van der Waals surface area contributed by atoms with Crippen molar-refractivity contribution in [1.82, 2.24) is 19.3 Å². The van der Waals surface area contributed by atoms with Crippen LogP contribution in [0.4, 0.5) is 15.9 Å². The van der Waals surface area contributed by atoms with Crippen LogP contribution < -0.4 is 10.2 Å². The number of imidazole rings is 1. The van der Waals surface area contributed by atoms with Crippen molar-refractivity contribution in [2.24, 2.45) is 9.98 Å². The van der Waals surface area contributed by atoms with Crippen molar-refractivity contribution in [2.75, 3.05) is 43.1 Å². The molecule has 0 unspecified atom stereocenters. The Morgan fingerprint density at radius 3 is 2.70 bits per heavy atom. The number of aliphatic imine (C=N–C) groups is 2. The van der Waals surface area contributed by atoms with Gasteiger partial charge in [-0.3, -0.25) is 19.2 Å². The van der Waals surface area contributed by atoms with Gasteiger partial charge in [0.15, 0.2) is 5.83 Å². The zero-order valence-corrected chi connectivity index (χ0v) is 18.4. The van der Waals surface area contributed by atoms with Gasteiger partial charge in [-0.25, -0.2) is 14.4 Å². The van der Waals surface area contributed by atoms with Gasteiger partial charge in [-0.15, -0.1) is 0 Å². The van der Waals surface area contributed by atoms with Gasteiger partial charge in [0.1, 0.15) is 23.8 Å². The van der Waals surface area contributed by atoms with E-state index in [4.69, 9.17) is 0 Å². The Morgan fingerprint density at radius 1 is 1.18 bits per heavy atom. The number of carbonyl (C=O) groups excluding carboxylic acids is 1. The fourth-order valence-electron chi connectivity index (χ4n) is 3.64. The number of fused-ring (bicyclic) bond motifs is 1. The molecule has 0 spiro atoms. The maximum absolute atomic E-state index is 14.7. The van der Waals surface area contributed by atoms with Crippen LogP contribution in [0.1, 0.15) is 12.6 Å².